The molecule has 0 aliphatic rings. The first kappa shape index (κ1) is 17.2. The Morgan fingerprint density at radius 2 is 1.92 bits per heavy atom. The zero-order valence-corrected chi connectivity index (χ0v) is 14.1. The van der Waals surface area contributed by atoms with E-state index in [0.717, 1.165) is 22.9 Å². The second kappa shape index (κ2) is 7.38. The Balaban J connectivity index is 2.43. The molecule has 0 aromatic carbocycles. The molecule has 11 heteroatoms. The third-order valence-electron chi connectivity index (χ3n) is 2.54. The van der Waals surface area contributed by atoms with Crippen LogP contribution in [-0.2, 0) is 4.79 Å². The molecule has 118 valence electrons. The molecule has 0 saturated carbocycles. The van der Waals surface area contributed by atoms with Crippen molar-refractivity contribution in [2.24, 2.45) is 10.2 Å². The van der Waals surface area contributed by atoms with Crippen molar-refractivity contribution in [3.8, 4) is 0 Å². The number of carbonyl (C=O) groups is 1. The third kappa shape index (κ3) is 3.58. The number of nitrogens with one attached hydrogen (secondary N) is 1. The Labute approximate surface area is 145 Å². The van der Waals surface area contributed by atoms with Gasteiger partial charge in [0.05, 0.1) is 12.3 Å². The van der Waals surface area contributed by atoms with Gasteiger partial charge in [-0.05, 0) is 18.5 Å². The molecule has 0 fully saturated rings. The molecule has 0 unspecified atom stereocenters. The highest BCUT2D eigenvalue weighted by Crippen LogP contribution is 2.40. The Hall–Kier alpha value is -3.20. The summed E-state index contributed by atoms with van der Waals surface area (Å²) in [5.41, 5.74) is 0.881. The van der Waals surface area contributed by atoms with Gasteiger partial charge in [0.2, 0.25) is 11.6 Å². The molecule has 2 aromatic rings. The zero-order valence-electron chi connectivity index (χ0n) is 12.4. The molecule has 0 aliphatic heterocycles. The molecular formula is C13H8N8OS2. The second-order valence-corrected chi connectivity index (χ2v) is 6.01. The summed E-state index contributed by atoms with van der Waals surface area (Å²) in [6.45, 7) is 24.2. The lowest BCUT2D eigenvalue weighted by Gasteiger charge is -1.96. The van der Waals surface area contributed by atoms with Crippen LogP contribution in [0.15, 0.2) is 10.2 Å². The lowest BCUT2D eigenvalue weighted by atomic mass is 10.4. The highest BCUT2D eigenvalue weighted by Gasteiger charge is 2.27. The number of carbonyl (C=O) groups excluding carboxylic acids is 1. The van der Waals surface area contributed by atoms with E-state index in [2.05, 4.69) is 39.4 Å². The number of rotatable bonds is 4. The minimum atomic E-state index is -1.09. The molecule has 2 rings (SSSR count). The van der Waals surface area contributed by atoms with Crippen molar-refractivity contribution in [3.63, 3.8) is 0 Å². The van der Waals surface area contributed by atoms with Crippen LogP contribution in [0.5, 0.6) is 0 Å². The predicted octanol–water partition coefficient (Wildman–Crippen LogP) is 4.67. The Morgan fingerprint density at radius 1 is 1.25 bits per heavy atom. The van der Waals surface area contributed by atoms with Gasteiger partial charge >= 0.3 is 6.17 Å². The Kier molecular flexibility index (Phi) is 5.27. The summed E-state index contributed by atoms with van der Waals surface area (Å²) in [7, 11) is 0. The van der Waals surface area contributed by atoms with E-state index in [1.165, 1.54) is 6.92 Å². The minimum Gasteiger partial charge on any atom is -0.308 e. The number of anilines is 1. The van der Waals surface area contributed by atoms with Crippen molar-refractivity contribution >= 4 is 50.3 Å². The number of aromatic nitrogens is 2. The van der Waals surface area contributed by atoms with E-state index in [4.69, 9.17) is 19.7 Å². The fourth-order valence-corrected chi connectivity index (χ4v) is 3.02. The molecule has 24 heavy (non-hydrogen) atoms. The first-order chi connectivity index (χ1) is 11.5. The smallest absolute Gasteiger partial charge is 0.308 e. The summed E-state index contributed by atoms with van der Waals surface area (Å²) >= 11 is 2.03. The molecule has 1 N–H and O–H groups in total. The molecule has 0 atom stereocenters. The largest absolute Gasteiger partial charge is 0.528 e. The number of thiazole rings is 1. The van der Waals surface area contributed by atoms with Crippen molar-refractivity contribution in [1.82, 2.24) is 9.36 Å². The van der Waals surface area contributed by atoms with Crippen LogP contribution < -0.4 is 5.32 Å². The van der Waals surface area contributed by atoms with Gasteiger partial charge in [-0.1, -0.05) is 11.3 Å². The molecule has 0 spiro atoms. The average Bonchev–Trinajstić information content (AvgIpc) is 3.09. The molecule has 0 radical (unpaired) electrons. The normalized spacial score (nSPS) is 10.3. The van der Waals surface area contributed by atoms with Crippen LogP contribution in [0, 0.1) is 26.6 Å². The quantitative estimate of drug-likeness (QED) is 0.637. The van der Waals surface area contributed by atoms with Gasteiger partial charge in [-0.3, -0.25) is 4.79 Å². The number of amides is 1. The van der Waals surface area contributed by atoms with Crippen LogP contribution in [0.4, 0.5) is 21.5 Å². The molecule has 9 nitrogen and oxygen atoms in total. The highest BCUT2D eigenvalue weighted by molar-refractivity contribution is 7.16. The van der Waals surface area contributed by atoms with E-state index in [0.29, 0.717) is 16.4 Å². The fraction of sp³-hybridized carbons (Fsp3) is 0.231. The standard InChI is InChI=1S/C13H8N8OS2/c1-6-8(14-3)11(24-21-6)19-20-13-10(17-7(2)22)18-12(23-13)9(15-4)16-5/h9H,1-2H3,(H,17,22). The van der Waals surface area contributed by atoms with Crippen molar-refractivity contribution in [1.29, 1.82) is 0 Å². The van der Waals surface area contributed by atoms with E-state index < -0.39 is 6.17 Å². The monoisotopic (exact) mass is 356 g/mol. The van der Waals surface area contributed by atoms with Crippen molar-refractivity contribution < 1.29 is 4.79 Å². The van der Waals surface area contributed by atoms with Crippen LogP contribution in [0.2, 0.25) is 0 Å². The summed E-state index contributed by atoms with van der Waals surface area (Å²) in [6, 6.07) is 0. The van der Waals surface area contributed by atoms with Crippen LogP contribution in [0.3, 0.4) is 0 Å². The maximum absolute atomic E-state index is 11.3. The van der Waals surface area contributed by atoms with Gasteiger partial charge in [0, 0.05) is 6.92 Å². The van der Waals surface area contributed by atoms with E-state index in [1.807, 2.05) is 0 Å². The number of hydrogen-bond acceptors (Lipinski definition) is 7. The average molecular weight is 356 g/mol. The SMILES string of the molecule is [C-]#[N+]c1c(C)nsc1N=Nc1sc(C([N+]#[C-])[N+]#[C-])nc1NC(C)=O. The van der Waals surface area contributed by atoms with Crippen molar-refractivity contribution in [2.75, 3.05) is 5.32 Å². The van der Waals surface area contributed by atoms with Crippen molar-refractivity contribution in [2.45, 2.75) is 20.0 Å². The van der Waals surface area contributed by atoms with E-state index in [-0.39, 0.29) is 21.7 Å². The molecule has 0 bridgehead atoms. The predicted molar refractivity (Wildman–Crippen MR) is 89.7 cm³/mol. The van der Waals surface area contributed by atoms with E-state index in [1.54, 1.807) is 6.92 Å². The molecule has 0 aliphatic carbocycles. The number of azo groups is 1. The van der Waals surface area contributed by atoms with Crippen LogP contribution in [0.25, 0.3) is 14.5 Å². The van der Waals surface area contributed by atoms with Gasteiger partial charge in [-0.15, -0.1) is 10.2 Å². The maximum Gasteiger partial charge on any atom is 0.528 e. The summed E-state index contributed by atoms with van der Waals surface area (Å²) in [4.78, 5) is 25.1. The lowest BCUT2D eigenvalue weighted by Crippen LogP contribution is -2.06. The van der Waals surface area contributed by atoms with Gasteiger partial charge < -0.3 is 5.32 Å². The summed E-state index contributed by atoms with van der Waals surface area (Å²) in [6.07, 6.45) is -1.09. The van der Waals surface area contributed by atoms with Gasteiger partial charge in [-0.25, -0.2) is 37.0 Å². The van der Waals surface area contributed by atoms with Crippen LogP contribution in [0.1, 0.15) is 23.8 Å². The van der Waals surface area contributed by atoms with Crippen LogP contribution >= 0.6 is 22.9 Å². The maximum atomic E-state index is 11.3. The first-order valence-electron chi connectivity index (χ1n) is 6.27. The van der Waals surface area contributed by atoms with E-state index in [9.17, 15) is 4.79 Å². The van der Waals surface area contributed by atoms with Gasteiger partial charge in [0.15, 0.2) is 15.8 Å². The van der Waals surface area contributed by atoms with Gasteiger partial charge in [-0.2, -0.15) is 0 Å². The lowest BCUT2D eigenvalue weighted by molar-refractivity contribution is -0.114. The number of nitrogens with zero attached hydrogens (tertiary/aromatic N) is 7. The fourth-order valence-electron chi connectivity index (χ4n) is 1.53. The minimum absolute atomic E-state index is 0.133. The second-order valence-electron chi connectivity index (χ2n) is 4.25. The molecule has 0 saturated heterocycles. The van der Waals surface area contributed by atoms with Crippen molar-refractivity contribution in [3.05, 3.63) is 45.0 Å². The molecule has 2 heterocycles. The summed E-state index contributed by atoms with van der Waals surface area (Å²) in [5, 5.41) is 11.3. The Morgan fingerprint density at radius 3 is 2.50 bits per heavy atom. The Bertz CT molecular complexity index is 923. The van der Waals surface area contributed by atoms with Crippen LogP contribution in [-0.4, -0.2) is 15.3 Å². The summed E-state index contributed by atoms with van der Waals surface area (Å²) < 4.78 is 4.04. The van der Waals surface area contributed by atoms with Gasteiger partial charge in [0.25, 0.3) is 5.01 Å². The molecular weight excluding hydrogens is 348 g/mol. The molecule has 2 aromatic heterocycles. The number of aryl methyl sites for hydroxylation is 1. The summed E-state index contributed by atoms with van der Waals surface area (Å²) in [5.74, 6) is -0.227. The van der Waals surface area contributed by atoms with Gasteiger partial charge in [0.1, 0.15) is 0 Å². The first-order valence-corrected chi connectivity index (χ1v) is 7.86. The zero-order chi connectivity index (χ0) is 17.7. The number of hydrogen-bond donors (Lipinski definition) is 1. The third-order valence-corrected chi connectivity index (χ3v) is 4.34. The van der Waals surface area contributed by atoms with E-state index >= 15 is 0 Å². The molecule has 1 amide bonds. The topological polar surface area (TPSA) is 92.7 Å². The highest BCUT2D eigenvalue weighted by atomic mass is 32.1.